The van der Waals surface area contributed by atoms with Crippen LogP contribution in [-0.2, 0) is 0 Å². The standard InChI is InChI=1S/C15H33NSi/c1-6-11-13-17(10-5,14-12-7-2)16-15(8-3)9-4/h10,15-16H,5-9,11-14H2,1-4H3. The van der Waals surface area contributed by atoms with Gasteiger partial charge in [-0.3, -0.25) is 0 Å². The van der Waals surface area contributed by atoms with E-state index in [-0.39, 0.29) is 0 Å². The quantitative estimate of drug-likeness (QED) is 0.510. The van der Waals surface area contributed by atoms with Crippen LogP contribution in [0, 0.1) is 0 Å². The van der Waals surface area contributed by atoms with Crippen LogP contribution in [0.4, 0.5) is 0 Å². The summed E-state index contributed by atoms with van der Waals surface area (Å²) in [6, 6.07) is 3.46. The Labute approximate surface area is 110 Å². The lowest BCUT2D eigenvalue weighted by atomic mass is 10.2. The first-order chi connectivity index (χ1) is 8.17. The molecule has 0 spiro atoms. The average Bonchev–Trinajstić information content (AvgIpc) is 2.38. The van der Waals surface area contributed by atoms with Crippen molar-refractivity contribution in [3.05, 3.63) is 12.3 Å². The first-order valence-corrected chi connectivity index (χ1v) is 10.1. The van der Waals surface area contributed by atoms with E-state index < -0.39 is 8.24 Å². The highest BCUT2D eigenvalue weighted by atomic mass is 28.3. The number of hydrogen-bond donors (Lipinski definition) is 1. The van der Waals surface area contributed by atoms with Crippen molar-refractivity contribution in [2.75, 3.05) is 0 Å². The zero-order valence-electron chi connectivity index (χ0n) is 12.5. The topological polar surface area (TPSA) is 12.0 Å². The van der Waals surface area contributed by atoms with E-state index in [1.165, 1.54) is 50.6 Å². The van der Waals surface area contributed by atoms with Crippen molar-refractivity contribution in [1.82, 2.24) is 4.98 Å². The molecule has 1 nitrogen and oxygen atoms in total. The van der Waals surface area contributed by atoms with E-state index in [0.717, 1.165) is 0 Å². The highest BCUT2D eigenvalue weighted by Crippen LogP contribution is 2.22. The minimum Gasteiger partial charge on any atom is -0.331 e. The number of unbranched alkanes of at least 4 members (excludes halogenated alkanes) is 2. The summed E-state index contributed by atoms with van der Waals surface area (Å²) in [7, 11) is -1.40. The highest BCUT2D eigenvalue weighted by Gasteiger charge is 2.30. The summed E-state index contributed by atoms with van der Waals surface area (Å²) in [6.07, 6.45) is 7.82. The molecule has 0 fully saturated rings. The van der Waals surface area contributed by atoms with Gasteiger partial charge >= 0.3 is 0 Å². The van der Waals surface area contributed by atoms with Crippen LogP contribution in [0.2, 0.25) is 12.1 Å². The van der Waals surface area contributed by atoms with Gasteiger partial charge in [0.1, 0.15) is 8.24 Å². The molecular formula is C15H33NSi. The molecule has 102 valence electrons. The summed E-state index contributed by atoms with van der Waals surface area (Å²) in [5.41, 5.74) is 2.32. The first kappa shape index (κ1) is 16.9. The van der Waals surface area contributed by atoms with Crippen molar-refractivity contribution in [2.45, 2.75) is 84.3 Å². The normalized spacial score (nSPS) is 12.1. The van der Waals surface area contributed by atoms with Crippen LogP contribution in [0.3, 0.4) is 0 Å². The molecular weight excluding hydrogens is 222 g/mol. The second kappa shape index (κ2) is 9.90. The van der Waals surface area contributed by atoms with Crippen molar-refractivity contribution >= 4 is 8.24 Å². The molecule has 0 atom stereocenters. The lowest BCUT2D eigenvalue weighted by molar-refractivity contribution is 0.564. The molecule has 0 aliphatic rings. The summed E-state index contributed by atoms with van der Waals surface area (Å²) < 4.78 is 0. The number of hydrogen-bond acceptors (Lipinski definition) is 1. The molecule has 0 bridgehead atoms. The molecule has 0 saturated heterocycles. The summed E-state index contributed by atoms with van der Waals surface area (Å²) in [4.78, 5) is 4.01. The Balaban J connectivity index is 4.57. The van der Waals surface area contributed by atoms with E-state index >= 15 is 0 Å². The SMILES string of the molecule is C=C[Si](CCCC)(CCCC)NC(CC)CC. The van der Waals surface area contributed by atoms with E-state index in [1.807, 2.05) is 0 Å². The molecule has 0 aliphatic carbocycles. The van der Waals surface area contributed by atoms with Crippen molar-refractivity contribution < 1.29 is 0 Å². The van der Waals surface area contributed by atoms with Gasteiger partial charge in [-0.15, -0.1) is 6.58 Å². The van der Waals surface area contributed by atoms with Gasteiger partial charge in [-0.25, -0.2) is 0 Å². The Hall–Kier alpha value is -0.0831. The third-order valence-electron chi connectivity index (χ3n) is 3.82. The Morgan fingerprint density at radius 2 is 1.47 bits per heavy atom. The maximum Gasteiger partial charge on any atom is 0.150 e. The molecule has 0 unspecified atom stereocenters. The average molecular weight is 256 g/mol. The summed E-state index contributed by atoms with van der Waals surface area (Å²) >= 11 is 0. The lowest BCUT2D eigenvalue weighted by Crippen LogP contribution is -2.53. The van der Waals surface area contributed by atoms with Gasteiger partial charge in [0.15, 0.2) is 0 Å². The van der Waals surface area contributed by atoms with Gasteiger partial charge in [0.2, 0.25) is 0 Å². The Morgan fingerprint density at radius 3 is 1.76 bits per heavy atom. The van der Waals surface area contributed by atoms with Crippen molar-refractivity contribution in [3.8, 4) is 0 Å². The summed E-state index contributed by atoms with van der Waals surface area (Å²) in [6.45, 7) is 13.3. The van der Waals surface area contributed by atoms with Gasteiger partial charge in [-0.2, -0.15) is 0 Å². The molecule has 0 aromatic carbocycles. The van der Waals surface area contributed by atoms with E-state index in [0.29, 0.717) is 6.04 Å². The van der Waals surface area contributed by atoms with Crippen LogP contribution in [0.25, 0.3) is 0 Å². The molecule has 0 aliphatic heterocycles. The van der Waals surface area contributed by atoms with Gasteiger partial charge in [-0.1, -0.05) is 59.1 Å². The molecule has 0 saturated carbocycles. The fourth-order valence-corrected chi connectivity index (χ4v) is 6.67. The van der Waals surface area contributed by atoms with E-state index in [1.54, 1.807) is 0 Å². The number of nitrogens with one attached hydrogen (secondary N) is 1. The minimum atomic E-state index is -1.40. The molecule has 17 heavy (non-hydrogen) atoms. The van der Waals surface area contributed by atoms with Crippen LogP contribution in [0.5, 0.6) is 0 Å². The molecule has 2 heteroatoms. The molecule has 1 N–H and O–H groups in total. The third kappa shape index (κ3) is 6.42. The Morgan fingerprint density at radius 1 is 1.00 bits per heavy atom. The fraction of sp³-hybridized carbons (Fsp3) is 0.867. The maximum atomic E-state index is 4.16. The van der Waals surface area contributed by atoms with E-state index in [9.17, 15) is 0 Å². The van der Waals surface area contributed by atoms with E-state index in [4.69, 9.17) is 0 Å². The van der Waals surface area contributed by atoms with Crippen LogP contribution >= 0.6 is 0 Å². The van der Waals surface area contributed by atoms with E-state index in [2.05, 4.69) is 45.0 Å². The zero-order chi connectivity index (χ0) is 13.1. The lowest BCUT2D eigenvalue weighted by Gasteiger charge is -2.33. The van der Waals surface area contributed by atoms with Gasteiger partial charge in [-0.05, 0) is 24.9 Å². The van der Waals surface area contributed by atoms with Gasteiger partial charge in [0, 0.05) is 6.04 Å². The predicted molar refractivity (Wildman–Crippen MR) is 82.9 cm³/mol. The molecule has 0 heterocycles. The summed E-state index contributed by atoms with van der Waals surface area (Å²) in [5, 5.41) is 0. The monoisotopic (exact) mass is 255 g/mol. The Kier molecular flexibility index (Phi) is 9.85. The van der Waals surface area contributed by atoms with Gasteiger partial charge < -0.3 is 4.98 Å². The second-order valence-electron chi connectivity index (χ2n) is 5.23. The van der Waals surface area contributed by atoms with Gasteiger partial charge in [0.25, 0.3) is 0 Å². The first-order valence-electron chi connectivity index (χ1n) is 7.59. The largest absolute Gasteiger partial charge is 0.331 e. The number of rotatable bonds is 11. The molecule has 0 radical (unpaired) electrons. The van der Waals surface area contributed by atoms with Crippen LogP contribution in [0.1, 0.15) is 66.2 Å². The predicted octanol–water partition coefficient (Wildman–Crippen LogP) is 5.04. The Bertz CT molecular complexity index is 179. The van der Waals surface area contributed by atoms with Crippen molar-refractivity contribution in [1.29, 1.82) is 0 Å². The molecule has 0 rings (SSSR count). The smallest absolute Gasteiger partial charge is 0.150 e. The van der Waals surface area contributed by atoms with Crippen LogP contribution in [-0.4, -0.2) is 14.3 Å². The van der Waals surface area contributed by atoms with Crippen LogP contribution < -0.4 is 4.98 Å². The second-order valence-corrected chi connectivity index (χ2v) is 9.23. The highest BCUT2D eigenvalue weighted by molar-refractivity contribution is 6.82. The fourth-order valence-electron chi connectivity index (χ4n) is 2.42. The van der Waals surface area contributed by atoms with Crippen molar-refractivity contribution in [2.24, 2.45) is 0 Å². The van der Waals surface area contributed by atoms with Gasteiger partial charge in [0.05, 0.1) is 0 Å². The van der Waals surface area contributed by atoms with Crippen molar-refractivity contribution in [3.63, 3.8) is 0 Å². The molecule has 0 aromatic rings. The molecule has 0 amide bonds. The maximum absolute atomic E-state index is 4.16. The minimum absolute atomic E-state index is 0.702. The zero-order valence-corrected chi connectivity index (χ0v) is 13.5. The third-order valence-corrected chi connectivity index (χ3v) is 8.08. The molecule has 0 aromatic heterocycles. The van der Waals surface area contributed by atoms with Crippen LogP contribution in [0.15, 0.2) is 12.3 Å². The summed E-state index contributed by atoms with van der Waals surface area (Å²) in [5.74, 6) is 0.